The molecule has 1 atom stereocenters. The number of rotatable bonds is 3. The maximum atomic E-state index is 11.0. The molecule has 0 heterocycles. The molecule has 1 unspecified atom stereocenters. The van der Waals surface area contributed by atoms with Crippen LogP contribution in [0.4, 0.5) is 0 Å². The summed E-state index contributed by atoms with van der Waals surface area (Å²) >= 11 is 11.7. The van der Waals surface area contributed by atoms with Gasteiger partial charge in [-0.3, -0.25) is 4.79 Å². The van der Waals surface area contributed by atoms with Gasteiger partial charge in [-0.05, 0) is 6.07 Å². The highest BCUT2D eigenvalue weighted by Gasteiger charge is 2.20. The Labute approximate surface area is 91.7 Å². The fourth-order valence-electron chi connectivity index (χ4n) is 1.12. The van der Waals surface area contributed by atoms with Gasteiger partial charge in [0.1, 0.15) is 0 Å². The van der Waals surface area contributed by atoms with Crippen molar-refractivity contribution >= 4 is 29.1 Å². The Balaban J connectivity index is 3.16. The number of hydrogen-bond acceptors (Lipinski definition) is 2. The van der Waals surface area contributed by atoms with E-state index in [1.807, 2.05) is 0 Å². The van der Waals surface area contributed by atoms with E-state index < -0.39 is 12.0 Å². The van der Waals surface area contributed by atoms with Crippen molar-refractivity contribution in [3.05, 3.63) is 33.8 Å². The first kappa shape index (κ1) is 11.3. The van der Waals surface area contributed by atoms with E-state index in [2.05, 4.69) is 0 Å². The van der Waals surface area contributed by atoms with Crippen LogP contribution in [0.3, 0.4) is 0 Å². The minimum Gasteiger partial charge on any atom is -0.367 e. The Morgan fingerprint density at radius 3 is 2.64 bits per heavy atom. The van der Waals surface area contributed by atoms with E-state index >= 15 is 0 Å². The van der Waals surface area contributed by atoms with Crippen molar-refractivity contribution in [3.63, 3.8) is 0 Å². The summed E-state index contributed by atoms with van der Waals surface area (Å²) in [6.07, 6.45) is -0.860. The second kappa shape index (κ2) is 4.64. The van der Waals surface area contributed by atoms with E-state index in [1.54, 1.807) is 18.2 Å². The zero-order valence-corrected chi connectivity index (χ0v) is 8.97. The lowest BCUT2D eigenvalue weighted by Crippen LogP contribution is -2.23. The maximum Gasteiger partial charge on any atom is 0.251 e. The molecule has 0 bridgehead atoms. The van der Waals surface area contributed by atoms with Gasteiger partial charge in [0.25, 0.3) is 5.91 Å². The van der Waals surface area contributed by atoms with Crippen LogP contribution in [0, 0.1) is 0 Å². The zero-order chi connectivity index (χ0) is 10.7. The molecule has 14 heavy (non-hydrogen) atoms. The molecule has 0 radical (unpaired) electrons. The first-order valence-electron chi connectivity index (χ1n) is 3.84. The van der Waals surface area contributed by atoms with Crippen LogP contribution in [-0.4, -0.2) is 13.0 Å². The number of hydrogen-bond donors (Lipinski definition) is 1. The van der Waals surface area contributed by atoms with Crippen molar-refractivity contribution in [2.45, 2.75) is 6.10 Å². The standard InChI is InChI=1S/C9H9Cl2NO2/c1-14-8(9(12)13)5-3-2-4-6(10)7(5)11/h2-4,8H,1H3,(H2,12,13). The molecule has 0 aromatic heterocycles. The predicted octanol–water partition coefficient (Wildman–Crippen LogP) is 2.17. The van der Waals surface area contributed by atoms with Gasteiger partial charge in [-0.15, -0.1) is 0 Å². The predicted molar refractivity (Wildman–Crippen MR) is 55.4 cm³/mol. The van der Waals surface area contributed by atoms with Crippen molar-refractivity contribution < 1.29 is 9.53 Å². The summed E-state index contributed by atoms with van der Waals surface area (Å²) < 4.78 is 4.92. The molecule has 76 valence electrons. The minimum absolute atomic E-state index is 0.291. The van der Waals surface area contributed by atoms with Crippen LogP contribution in [0.15, 0.2) is 18.2 Å². The fourth-order valence-corrected chi connectivity index (χ4v) is 1.53. The summed E-state index contributed by atoms with van der Waals surface area (Å²) in [5, 5.41) is 0.660. The largest absolute Gasteiger partial charge is 0.367 e. The summed E-state index contributed by atoms with van der Waals surface area (Å²) in [6.45, 7) is 0. The van der Waals surface area contributed by atoms with Crippen LogP contribution in [0.2, 0.25) is 10.0 Å². The lowest BCUT2D eigenvalue weighted by molar-refractivity contribution is -0.128. The van der Waals surface area contributed by atoms with E-state index in [0.717, 1.165) is 0 Å². The molecule has 3 nitrogen and oxygen atoms in total. The molecule has 1 amide bonds. The molecule has 0 aliphatic heterocycles. The van der Waals surface area contributed by atoms with E-state index in [4.69, 9.17) is 33.7 Å². The van der Waals surface area contributed by atoms with Crippen molar-refractivity contribution in [1.82, 2.24) is 0 Å². The van der Waals surface area contributed by atoms with E-state index in [-0.39, 0.29) is 0 Å². The van der Waals surface area contributed by atoms with Crippen molar-refractivity contribution in [1.29, 1.82) is 0 Å². The Morgan fingerprint density at radius 1 is 1.50 bits per heavy atom. The van der Waals surface area contributed by atoms with Gasteiger partial charge in [-0.1, -0.05) is 35.3 Å². The second-order valence-electron chi connectivity index (χ2n) is 2.66. The fraction of sp³-hybridized carbons (Fsp3) is 0.222. The van der Waals surface area contributed by atoms with Gasteiger partial charge in [0.15, 0.2) is 6.10 Å². The Kier molecular flexibility index (Phi) is 3.75. The monoisotopic (exact) mass is 233 g/mol. The van der Waals surface area contributed by atoms with Gasteiger partial charge < -0.3 is 10.5 Å². The molecule has 1 rings (SSSR count). The molecule has 0 fully saturated rings. The van der Waals surface area contributed by atoms with E-state index in [9.17, 15) is 4.79 Å². The molecule has 0 saturated carbocycles. The molecule has 2 N–H and O–H groups in total. The third-order valence-corrected chi connectivity index (χ3v) is 2.59. The molecule has 1 aromatic rings. The number of methoxy groups -OCH3 is 1. The molecule has 0 aliphatic carbocycles. The van der Waals surface area contributed by atoms with E-state index in [1.165, 1.54) is 7.11 Å². The normalized spacial score (nSPS) is 12.5. The highest BCUT2D eigenvalue weighted by atomic mass is 35.5. The lowest BCUT2D eigenvalue weighted by Gasteiger charge is -2.13. The average molecular weight is 234 g/mol. The van der Waals surface area contributed by atoms with Gasteiger partial charge in [0.2, 0.25) is 0 Å². The van der Waals surface area contributed by atoms with Crippen molar-refractivity contribution in [3.8, 4) is 0 Å². The van der Waals surface area contributed by atoms with Crippen LogP contribution in [0.5, 0.6) is 0 Å². The summed E-state index contributed by atoms with van der Waals surface area (Å²) in [4.78, 5) is 11.0. The number of carbonyl (C=O) groups is 1. The van der Waals surface area contributed by atoms with Gasteiger partial charge in [-0.2, -0.15) is 0 Å². The summed E-state index contributed by atoms with van der Waals surface area (Å²) in [7, 11) is 1.38. The quantitative estimate of drug-likeness (QED) is 0.871. The molecule has 0 aliphatic rings. The third-order valence-electron chi connectivity index (χ3n) is 1.76. The smallest absolute Gasteiger partial charge is 0.251 e. The summed E-state index contributed by atoms with van der Waals surface area (Å²) in [6, 6.07) is 4.95. The van der Waals surface area contributed by atoms with Crippen LogP contribution in [0.25, 0.3) is 0 Å². The van der Waals surface area contributed by atoms with Gasteiger partial charge >= 0.3 is 0 Å². The first-order chi connectivity index (χ1) is 6.57. The molecule has 5 heteroatoms. The van der Waals surface area contributed by atoms with Crippen LogP contribution in [-0.2, 0) is 9.53 Å². The molecule has 0 spiro atoms. The summed E-state index contributed by atoms with van der Waals surface area (Å²) in [5.74, 6) is -0.600. The van der Waals surface area contributed by atoms with Crippen LogP contribution in [0.1, 0.15) is 11.7 Å². The number of nitrogens with two attached hydrogens (primary N) is 1. The molecule has 0 saturated heterocycles. The SMILES string of the molecule is COC(C(N)=O)c1cccc(Cl)c1Cl. The average Bonchev–Trinajstić information content (AvgIpc) is 2.13. The first-order valence-corrected chi connectivity index (χ1v) is 4.59. The van der Waals surface area contributed by atoms with Gasteiger partial charge in [-0.25, -0.2) is 0 Å². The van der Waals surface area contributed by atoms with Gasteiger partial charge in [0.05, 0.1) is 10.0 Å². The highest BCUT2D eigenvalue weighted by molar-refractivity contribution is 6.42. The Morgan fingerprint density at radius 2 is 2.14 bits per heavy atom. The summed E-state index contributed by atoms with van der Waals surface area (Å²) in [5.41, 5.74) is 5.61. The number of amides is 1. The Hall–Kier alpha value is -0.770. The van der Waals surface area contributed by atoms with Crippen LogP contribution >= 0.6 is 23.2 Å². The maximum absolute atomic E-state index is 11.0. The minimum atomic E-state index is -0.860. The number of primary amides is 1. The second-order valence-corrected chi connectivity index (χ2v) is 3.45. The molecular formula is C9H9Cl2NO2. The number of ether oxygens (including phenoxy) is 1. The van der Waals surface area contributed by atoms with Crippen LogP contribution < -0.4 is 5.73 Å². The van der Waals surface area contributed by atoms with Gasteiger partial charge in [0, 0.05) is 12.7 Å². The number of benzene rings is 1. The highest BCUT2D eigenvalue weighted by Crippen LogP contribution is 2.30. The Bertz CT molecular complexity index is 355. The molecule has 1 aromatic carbocycles. The molecular weight excluding hydrogens is 225 g/mol. The third kappa shape index (κ3) is 2.18. The van der Waals surface area contributed by atoms with Crippen molar-refractivity contribution in [2.24, 2.45) is 5.73 Å². The van der Waals surface area contributed by atoms with Crippen molar-refractivity contribution in [2.75, 3.05) is 7.11 Å². The topological polar surface area (TPSA) is 52.3 Å². The lowest BCUT2D eigenvalue weighted by atomic mass is 10.1. The number of carbonyl (C=O) groups excluding carboxylic acids is 1. The zero-order valence-electron chi connectivity index (χ0n) is 7.46. The number of halogens is 2. The van der Waals surface area contributed by atoms with E-state index in [0.29, 0.717) is 15.6 Å².